The van der Waals surface area contributed by atoms with Crippen molar-refractivity contribution in [2.24, 2.45) is 0 Å². The Morgan fingerprint density at radius 1 is 1.15 bits per heavy atom. The number of nitrogens with two attached hydrogens (primary N) is 1. The molecule has 1 fully saturated rings. The maximum Gasteiger partial charge on any atom is 0.167 e. The molecule has 144 valence electrons. The third kappa shape index (κ3) is 4.11. The SMILES string of the molecule is CCCCCCCSC[C@H]1O[C@@H](n2cnc3c(N)ncnc32)[C@@H](O)[C@@H]1O. The molecule has 0 unspecified atom stereocenters. The first-order chi connectivity index (χ1) is 12.6. The van der Waals surface area contributed by atoms with Gasteiger partial charge in [0.15, 0.2) is 17.7 Å². The van der Waals surface area contributed by atoms with Crippen LogP contribution in [0, 0.1) is 0 Å². The second-order valence-electron chi connectivity index (χ2n) is 6.62. The van der Waals surface area contributed by atoms with Gasteiger partial charge >= 0.3 is 0 Å². The Kier molecular flexibility index (Phi) is 6.68. The predicted molar refractivity (Wildman–Crippen MR) is 102 cm³/mol. The highest BCUT2D eigenvalue weighted by atomic mass is 32.2. The van der Waals surface area contributed by atoms with E-state index in [0.29, 0.717) is 16.9 Å². The van der Waals surface area contributed by atoms with Crippen LogP contribution in [-0.4, -0.2) is 59.5 Å². The molecule has 1 aliphatic heterocycles. The normalized spacial score (nSPS) is 26.0. The van der Waals surface area contributed by atoms with E-state index >= 15 is 0 Å². The van der Waals surface area contributed by atoms with E-state index in [9.17, 15) is 10.2 Å². The summed E-state index contributed by atoms with van der Waals surface area (Å²) in [6, 6.07) is 0. The summed E-state index contributed by atoms with van der Waals surface area (Å²) in [7, 11) is 0. The highest BCUT2D eigenvalue weighted by molar-refractivity contribution is 7.99. The van der Waals surface area contributed by atoms with Gasteiger partial charge in [-0.25, -0.2) is 15.0 Å². The van der Waals surface area contributed by atoms with Gasteiger partial charge in [-0.3, -0.25) is 4.57 Å². The van der Waals surface area contributed by atoms with Crippen molar-refractivity contribution >= 4 is 28.7 Å². The number of ether oxygens (including phenoxy) is 1. The monoisotopic (exact) mass is 381 g/mol. The first kappa shape index (κ1) is 19.3. The maximum absolute atomic E-state index is 10.4. The van der Waals surface area contributed by atoms with Crippen molar-refractivity contribution in [3.8, 4) is 0 Å². The molecule has 0 bridgehead atoms. The van der Waals surface area contributed by atoms with E-state index in [0.717, 1.165) is 5.75 Å². The summed E-state index contributed by atoms with van der Waals surface area (Å²) in [6.07, 6.45) is 5.93. The molecule has 0 radical (unpaired) electrons. The molecule has 9 heteroatoms. The van der Waals surface area contributed by atoms with Gasteiger partial charge < -0.3 is 20.7 Å². The lowest BCUT2D eigenvalue weighted by molar-refractivity contribution is -0.0289. The van der Waals surface area contributed by atoms with Gasteiger partial charge in [-0.15, -0.1) is 0 Å². The molecule has 4 N–H and O–H groups in total. The van der Waals surface area contributed by atoms with E-state index in [1.807, 2.05) is 0 Å². The summed E-state index contributed by atoms with van der Waals surface area (Å²) in [4.78, 5) is 12.3. The maximum atomic E-state index is 10.4. The molecule has 0 saturated carbocycles. The van der Waals surface area contributed by atoms with Crippen molar-refractivity contribution in [2.45, 2.75) is 63.6 Å². The summed E-state index contributed by atoms with van der Waals surface area (Å²) in [6.45, 7) is 2.21. The molecule has 2 aromatic heterocycles. The van der Waals surface area contributed by atoms with Gasteiger partial charge in [-0.05, 0) is 12.2 Å². The van der Waals surface area contributed by atoms with Crippen molar-refractivity contribution < 1.29 is 14.9 Å². The second-order valence-corrected chi connectivity index (χ2v) is 7.77. The number of aromatic nitrogens is 4. The number of hydrogen-bond acceptors (Lipinski definition) is 8. The number of aliphatic hydroxyl groups excluding tert-OH is 2. The summed E-state index contributed by atoms with van der Waals surface area (Å²) >= 11 is 1.75. The molecule has 0 amide bonds. The van der Waals surface area contributed by atoms with E-state index in [1.165, 1.54) is 44.8 Å². The first-order valence-corrected chi connectivity index (χ1v) is 10.3. The Hall–Kier alpha value is -1.42. The minimum absolute atomic E-state index is 0.275. The van der Waals surface area contributed by atoms with Gasteiger partial charge in [-0.1, -0.05) is 32.6 Å². The average molecular weight is 382 g/mol. The number of thioether (sulfide) groups is 1. The highest BCUT2D eigenvalue weighted by Gasteiger charge is 2.44. The molecule has 0 aliphatic carbocycles. The number of aliphatic hydroxyl groups is 2. The fourth-order valence-corrected chi connectivity index (χ4v) is 4.24. The molecule has 3 rings (SSSR count). The van der Waals surface area contributed by atoms with Crippen molar-refractivity contribution in [1.82, 2.24) is 19.5 Å². The molecule has 2 aromatic rings. The Balaban J connectivity index is 1.56. The van der Waals surface area contributed by atoms with Crippen LogP contribution in [0.2, 0.25) is 0 Å². The average Bonchev–Trinajstić information content (AvgIpc) is 3.18. The van der Waals surface area contributed by atoms with Gasteiger partial charge in [0.1, 0.15) is 24.1 Å². The zero-order chi connectivity index (χ0) is 18.5. The van der Waals surface area contributed by atoms with Crippen LogP contribution >= 0.6 is 11.8 Å². The van der Waals surface area contributed by atoms with E-state index in [4.69, 9.17) is 10.5 Å². The molecule has 3 heterocycles. The minimum atomic E-state index is -1.04. The summed E-state index contributed by atoms with van der Waals surface area (Å²) < 4.78 is 7.53. The summed E-state index contributed by atoms with van der Waals surface area (Å²) in [5.41, 5.74) is 6.74. The third-order valence-electron chi connectivity index (χ3n) is 4.67. The molecule has 0 spiro atoms. The lowest BCUT2D eigenvalue weighted by atomic mass is 10.1. The van der Waals surface area contributed by atoms with Crippen LogP contribution in [0.25, 0.3) is 11.2 Å². The van der Waals surface area contributed by atoms with Crippen LogP contribution in [0.3, 0.4) is 0 Å². The molecule has 0 aromatic carbocycles. The molecule has 8 nitrogen and oxygen atoms in total. The first-order valence-electron chi connectivity index (χ1n) is 9.15. The number of unbranched alkanes of at least 4 members (excludes halogenated alkanes) is 4. The Morgan fingerprint density at radius 2 is 1.96 bits per heavy atom. The molecular formula is C17H27N5O3S. The summed E-state index contributed by atoms with van der Waals surface area (Å²) in [5.74, 6) is 1.96. The molecule has 26 heavy (non-hydrogen) atoms. The number of nitrogen functional groups attached to an aromatic ring is 1. The number of nitrogens with zero attached hydrogens (tertiary/aromatic N) is 4. The van der Waals surface area contributed by atoms with Crippen molar-refractivity contribution in [1.29, 1.82) is 0 Å². The lowest BCUT2D eigenvalue weighted by Gasteiger charge is -2.16. The second kappa shape index (κ2) is 8.98. The van der Waals surface area contributed by atoms with Gasteiger partial charge in [0.2, 0.25) is 0 Å². The van der Waals surface area contributed by atoms with E-state index in [-0.39, 0.29) is 5.82 Å². The van der Waals surface area contributed by atoms with Gasteiger partial charge in [0, 0.05) is 5.75 Å². The smallest absolute Gasteiger partial charge is 0.167 e. The van der Waals surface area contributed by atoms with E-state index < -0.39 is 24.5 Å². The quantitative estimate of drug-likeness (QED) is 0.562. The predicted octanol–water partition coefficient (Wildman–Crippen LogP) is 1.73. The topological polar surface area (TPSA) is 119 Å². The number of imidazole rings is 1. The van der Waals surface area contributed by atoms with E-state index in [1.54, 1.807) is 16.3 Å². The molecule has 1 aliphatic rings. The van der Waals surface area contributed by atoms with Crippen LogP contribution in [0.4, 0.5) is 5.82 Å². The van der Waals surface area contributed by atoms with Crippen molar-refractivity contribution in [3.05, 3.63) is 12.7 Å². The Labute approximate surface area is 157 Å². The van der Waals surface area contributed by atoms with E-state index in [2.05, 4.69) is 21.9 Å². The van der Waals surface area contributed by atoms with Crippen LogP contribution in [-0.2, 0) is 4.74 Å². The van der Waals surface area contributed by atoms with Crippen LogP contribution in [0.1, 0.15) is 45.3 Å². The number of hydrogen-bond donors (Lipinski definition) is 3. The zero-order valence-electron chi connectivity index (χ0n) is 15.0. The van der Waals surface area contributed by atoms with Gasteiger partial charge in [-0.2, -0.15) is 11.8 Å². The Bertz CT molecular complexity index is 713. The van der Waals surface area contributed by atoms with Crippen LogP contribution < -0.4 is 5.73 Å². The van der Waals surface area contributed by atoms with Crippen LogP contribution in [0.15, 0.2) is 12.7 Å². The fraction of sp³-hybridized carbons (Fsp3) is 0.706. The largest absolute Gasteiger partial charge is 0.387 e. The molecular weight excluding hydrogens is 354 g/mol. The molecule has 1 saturated heterocycles. The number of fused-ring (bicyclic) bond motifs is 1. The third-order valence-corrected chi connectivity index (χ3v) is 5.81. The minimum Gasteiger partial charge on any atom is -0.387 e. The van der Waals surface area contributed by atoms with Crippen molar-refractivity contribution in [2.75, 3.05) is 17.2 Å². The number of rotatable bonds is 9. The zero-order valence-corrected chi connectivity index (χ0v) is 15.8. The van der Waals surface area contributed by atoms with Gasteiger partial charge in [0.05, 0.1) is 12.4 Å². The highest BCUT2D eigenvalue weighted by Crippen LogP contribution is 2.33. The van der Waals surface area contributed by atoms with Crippen LogP contribution in [0.5, 0.6) is 0 Å². The number of anilines is 1. The Morgan fingerprint density at radius 3 is 2.77 bits per heavy atom. The van der Waals surface area contributed by atoms with Gasteiger partial charge in [0.25, 0.3) is 0 Å². The standard InChI is InChI=1S/C17H27N5O3S/c1-2-3-4-5-6-7-26-8-11-13(23)14(24)17(25-11)22-10-21-12-15(18)19-9-20-16(12)22/h9-11,13-14,17,23-24H,2-8H2,1H3,(H2,18,19,20)/t11-,13-,14+,17-/m1/s1. The summed E-state index contributed by atoms with van der Waals surface area (Å²) in [5, 5.41) is 20.8. The van der Waals surface area contributed by atoms with Crippen molar-refractivity contribution in [3.63, 3.8) is 0 Å². The molecule has 4 atom stereocenters. The lowest BCUT2D eigenvalue weighted by Crippen LogP contribution is -2.32. The fourth-order valence-electron chi connectivity index (χ4n) is 3.16.